The van der Waals surface area contributed by atoms with E-state index in [1.54, 1.807) is 0 Å². The van der Waals surface area contributed by atoms with Crippen molar-refractivity contribution in [2.75, 3.05) is 0 Å². The standard InChI is InChI=1S/3C2HFO3.CH5N3.H2O.Sb/c3*3-1(4)2(5)6;2-1(3)4;;/h3*(H,5,6);(H5,2,3,4);1H2;/q;;;;;+3/p-3. The van der Waals surface area contributed by atoms with Crippen LogP contribution >= 0.6 is 0 Å². The SMILES string of the molecule is N=C(N)N.O.O=C([O-])C(=O)F.O=C([O-])C(=O)F.O=C([O-])C(=O)F.[Sb+3]. The van der Waals surface area contributed by atoms with Crippen LogP contribution in [0.2, 0.25) is 0 Å². The summed E-state index contributed by atoms with van der Waals surface area (Å²) in [4.78, 5) is 53.0. The molecule has 0 aliphatic carbocycles. The Morgan fingerprint density at radius 3 is 0.708 bits per heavy atom. The Morgan fingerprint density at radius 1 is 0.667 bits per heavy atom. The summed E-state index contributed by atoms with van der Waals surface area (Å²) < 4.78 is 31.6. The first kappa shape index (κ1) is 37.5. The third-order valence-electron chi connectivity index (χ3n) is 0.481. The molecule has 0 fully saturated rings. The molecule has 0 amide bonds. The smallest absolute Gasteiger partial charge is 0.540 e. The maximum atomic E-state index is 10.5. The molecule has 0 saturated heterocycles. The van der Waals surface area contributed by atoms with Crippen molar-refractivity contribution in [2.45, 2.75) is 0 Å². The van der Waals surface area contributed by atoms with Crippen LogP contribution in [0.15, 0.2) is 0 Å². The Labute approximate surface area is 146 Å². The summed E-state index contributed by atoms with van der Waals surface area (Å²) >= 11 is 0. The molecule has 0 aliphatic rings. The molecule has 136 valence electrons. The van der Waals surface area contributed by atoms with E-state index in [2.05, 4.69) is 11.5 Å². The zero-order valence-corrected chi connectivity index (χ0v) is 13.5. The van der Waals surface area contributed by atoms with Gasteiger partial charge in [-0.2, -0.15) is 13.2 Å². The maximum Gasteiger partial charge on any atom is 3.00 e. The summed E-state index contributed by atoms with van der Waals surface area (Å²) in [5.41, 5.74) is 8.94. The van der Waals surface area contributed by atoms with E-state index in [4.69, 9.17) is 49.5 Å². The largest absolute Gasteiger partial charge is 3.00 e. The number of hydrogen-bond donors (Lipinski definition) is 3. The van der Waals surface area contributed by atoms with Crippen LogP contribution in [0.4, 0.5) is 13.2 Å². The number of nitrogens with one attached hydrogen (secondary N) is 1. The molecule has 24 heavy (non-hydrogen) atoms. The van der Waals surface area contributed by atoms with Crippen LogP contribution in [0.3, 0.4) is 0 Å². The van der Waals surface area contributed by atoms with E-state index >= 15 is 0 Å². The first-order valence-electron chi connectivity index (χ1n) is 3.98. The number of guanidine groups is 1. The third kappa shape index (κ3) is 74.9. The molecule has 13 nitrogen and oxygen atoms in total. The summed E-state index contributed by atoms with van der Waals surface area (Å²) in [6.07, 6.45) is 0. The molecule has 0 rings (SSSR count). The van der Waals surface area contributed by atoms with Gasteiger partial charge in [-0.15, -0.1) is 0 Å². The molecule has 0 aliphatic heterocycles. The molecule has 7 N–H and O–H groups in total. The van der Waals surface area contributed by atoms with Crippen LogP contribution in [0, 0.1) is 5.41 Å². The van der Waals surface area contributed by atoms with Gasteiger partial charge < -0.3 is 46.6 Å². The molecule has 0 aromatic carbocycles. The van der Waals surface area contributed by atoms with Gasteiger partial charge in [0.1, 0.15) is 17.9 Å². The summed E-state index contributed by atoms with van der Waals surface area (Å²) in [5.74, 6) is -7.22. The summed E-state index contributed by atoms with van der Waals surface area (Å²) in [7, 11) is 0. The Balaban J connectivity index is -0.0000000442. The van der Waals surface area contributed by atoms with E-state index in [0.29, 0.717) is 0 Å². The minimum absolute atomic E-state index is 0. The van der Waals surface area contributed by atoms with Crippen molar-refractivity contribution >= 4 is 66.4 Å². The third-order valence-corrected chi connectivity index (χ3v) is 0.481. The van der Waals surface area contributed by atoms with Gasteiger partial charge in [0.2, 0.25) is 0 Å². The molecule has 2 radical (unpaired) electrons. The number of carboxylic acids is 3. The summed E-state index contributed by atoms with van der Waals surface area (Å²) in [6.45, 7) is 0. The fraction of sp³-hybridized carbons (Fsp3) is 0. The second-order valence-electron chi connectivity index (χ2n) is 2.14. The van der Waals surface area contributed by atoms with Gasteiger partial charge in [-0.25, -0.2) is 0 Å². The van der Waals surface area contributed by atoms with E-state index in [-0.39, 0.29) is 35.9 Å². The van der Waals surface area contributed by atoms with Gasteiger partial charge in [0.15, 0.2) is 5.96 Å². The number of hydrogen-bond acceptors (Lipinski definition) is 10. The molecular formula is C7H7F3N3O10Sb. The fourth-order valence-corrected chi connectivity index (χ4v) is 0. The van der Waals surface area contributed by atoms with Gasteiger partial charge in [0, 0.05) is 0 Å². The van der Waals surface area contributed by atoms with E-state index < -0.39 is 36.0 Å². The average Bonchev–Trinajstić information content (AvgIpc) is 2.29. The van der Waals surface area contributed by atoms with Gasteiger partial charge in [0.05, 0.1) is 0 Å². The fourth-order valence-electron chi connectivity index (χ4n) is 0. The Kier molecular flexibility index (Phi) is 35.2. The Hall–Kier alpha value is -2.74. The van der Waals surface area contributed by atoms with Crippen molar-refractivity contribution in [1.29, 1.82) is 5.41 Å². The monoisotopic (exact) mass is 471 g/mol. The zero-order chi connectivity index (χ0) is 19.0. The number of carbonyl (C=O) groups excluding carboxylic acids is 6. The van der Waals surface area contributed by atoms with E-state index in [1.807, 2.05) is 0 Å². The van der Waals surface area contributed by atoms with Crippen molar-refractivity contribution in [3.8, 4) is 0 Å². The Morgan fingerprint density at radius 2 is 0.708 bits per heavy atom. The van der Waals surface area contributed by atoms with Crippen molar-refractivity contribution < 1.29 is 62.7 Å². The van der Waals surface area contributed by atoms with Gasteiger partial charge in [0.25, 0.3) is 0 Å². The van der Waals surface area contributed by atoms with E-state index in [0.717, 1.165) is 0 Å². The van der Waals surface area contributed by atoms with Crippen LogP contribution < -0.4 is 26.8 Å². The van der Waals surface area contributed by atoms with Crippen LogP contribution in [-0.2, 0) is 28.8 Å². The van der Waals surface area contributed by atoms with E-state index in [1.165, 1.54) is 0 Å². The second-order valence-corrected chi connectivity index (χ2v) is 2.14. The predicted molar refractivity (Wildman–Crippen MR) is 58.8 cm³/mol. The molecule has 0 aromatic heterocycles. The molecule has 0 saturated carbocycles. The van der Waals surface area contributed by atoms with Crippen molar-refractivity contribution in [3.05, 3.63) is 0 Å². The molecule has 0 spiro atoms. The summed E-state index contributed by atoms with van der Waals surface area (Å²) in [5, 5.41) is 32.6. The van der Waals surface area contributed by atoms with Gasteiger partial charge in [-0.05, 0) is 0 Å². The molecule has 0 bridgehead atoms. The number of halogens is 3. The average molecular weight is 472 g/mol. The van der Waals surface area contributed by atoms with Crippen LogP contribution in [-0.4, -0.2) is 71.9 Å². The summed E-state index contributed by atoms with van der Waals surface area (Å²) in [6, 6.07) is -7.31. The van der Waals surface area contributed by atoms with E-state index in [9.17, 15) is 13.2 Å². The molecular weight excluding hydrogens is 465 g/mol. The number of rotatable bonds is 3. The predicted octanol–water partition coefficient (Wildman–Crippen LogP) is -7.67. The van der Waals surface area contributed by atoms with Gasteiger partial charge in [-0.1, -0.05) is 0 Å². The molecule has 0 aromatic rings. The van der Waals surface area contributed by atoms with Crippen LogP contribution in [0.25, 0.3) is 0 Å². The quantitative estimate of drug-likeness (QED) is 0.114. The first-order chi connectivity index (χ1) is 9.66. The molecule has 17 heteroatoms. The van der Waals surface area contributed by atoms with Crippen LogP contribution in [0.5, 0.6) is 0 Å². The minimum atomic E-state index is -2.44. The Bertz CT molecular complexity index is 376. The zero-order valence-electron chi connectivity index (χ0n) is 10.9. The molecule has 0 unspecified atom stereocenters. The van der Waals surface area contributed by atoms with Gasteiger partial charge in [-0.3, -0.25) is 19.8 Å². The number of carboxylic acid groups (broad SMARTS) is 3. The van der Waals surface area contributed by atoms with Crippen LogP contribution in [0.1, 0.15) is 0 Å². The van der Waals surface area contributed by atoms with Crippen molar-refractivity contribution in [2.24, 2.45) is 11.5 Å². The van der Waals surface area contributed by atoms with Crippen molar-refractivity contribution in [3.63, 3.8) is 0 Å². The topological polar surface area (TPSA) is 279 Å². The maximum absolute atomic E-state index is 10.5. The number of nitrogens with two attached hydrogens (primary N) is 2. The minimum Gasteiger partial charge on any atom is -0.540 e. The van der Waals surface area contributed by atoms with Crippen molar-refractivity contribution in [1.82, 2.24) is 0 Å². The van der Waals surface area contributed by atoms with Gasteiger partial charge >= 0.3 is 42.5 Å². The molecule has 0 heterocycles. The molecule has 0 atom stereocenters. The second kappa shape index (κ2) is 22.5. The normalized spacial score (nSPS) is 6.62. The first-order valence-corrected chi connectivity index (χ1v) is 3.98. The number of carbonyl (C=O) groups is 6. The number of aliphatic carboxylic acids is 3.